The first-order valence-corrected chi connectivity index (χ1v) is 48.0. The number of benzene rings is 6. The van der Waals surface area contributed by atoms with Crippen LogP contribution in [0.1, 0.15) is 274 Å². The van der Waals surface area contributed by atoms with Gasteiger partial charge in [-0.05, 0) is 322 Å². The molecule has 0 saturated heterocycles. The Kier molecular flexibility index (Phi) is 58.1. The summed E-state index contributed by atoms with van der Waals surface area (Å²) in [5, 5.41) is 82.4. The molecule has 6 aliphatic rings. The van der Waals surface area contributed by atoms with Gasteiger partial charge in [-0.1, -0.05) is 72.8 Å². The van der Waals surface area contributed by atoms with Gasteiger partial charge in [0, 0.05) is 100 Å². The number of para-hydroxylation sites is 6. The standard InChI is InChI=1S/C25H23N3O3.2C14H10N2O2.4C11H14FNO.C11H12FNO.2CH2O3.4Cs.2H/c29-18-11-7-16(8-12-18)20-4-3-15-26-25(20)31-19-13-9-17(10-14-19)23(30)24-27-21-5-1-2-6-22(21)28-24;2*17-10-7-5-9(6-8-10)13(18)14-15-11-3-1-2-4-12(11)16-14;5*12-11-10(2-1-7-13-11)8-3-5-9(14)6-4-8;2*2-1-4-3;;;;;;/h1-6,9-10,13-16,18,29H,7-8,11-12H2,(H,27,28);2*1-8,17H,(H,15,16);4*1-2,7-9,14H,3-6H2;1-2,7-8H,3-6H2;2*1,3H;;;;;;/q;;;;;;;;;;4*+1;2*-1/p-2. The van der Waals surface area contributed by atoms with E-state index in [1.807, 2.05) is 84.9 Å². The van der Waals surface area contributed by atoms with Crippen LogP contribution >= 0.6 is 0 Å². The van der Waals surface area contributed by atoms with Gasteiger partial charge in [-0.25, -0.2) is 44.9 Å². The van der Waals surface area contributed by atoms with E-state index in [0.717, 1.165) is 180 Å². The maximum Gasteiger partial charge on any atom is 1.00 e. The summed E-state index contributed by atoms with van der Waals surface area (Å²) >= 11 is 0. The Morgan fingerprint density at radius 3 is 0.772 bits per heavy atom. The van der Waals surface area contributed by atoms with Crippen LogP contribution in [0.4, 0.5) is 22.0 Å². The molecule has 9 heterocycles. The number of nitrogens with one attached hydrogen (secondary N) is 3. The van der Waals surface area contributed by atoms with Gasteiger partial charge < -0.3 is 78.6 Å². The molecular weight excluding hydrogens is 2400 g/mol. The van der Waals surface area contributed by atoms with E-state index in [4.69, 9.17) is 24.8 Å². The average Bonchev–Trinajstić information content (AvgIpc) is 1.44. The number of nitrogens with zero attached hydrogens (tertiary/aromatic N) is 9. The minimum absolute atomic E-state index is 0. The molecule has 10 N–H and O–H groups in total. The van der Waals surface area contributed by atoms with Crippen molar-refractivity contribution < 1.29 is 390 Å². The van der Waals surface area contributed by atoms with Gasteiger partial charge in [-0.3, -0.25) is 28.8 Å². The third-order valence-corrected chi connectivity index (χ3v) is 25.9. The molecule has 21 rings (SSSR count). The Labute approximate surface area is 1100 Å². The van der Waals surface area contributed by atoms with Crippen molar-refractivity contribution in [1.82, 2.24) is 59.8 Å². The summed E-state index contributed by atoms with van der Waals surface area (Å²) in [4.78, 5) is 115. The molecule has 39 heteroatoms. The van der Waals surface area contributed by atoms with Crippen LogP contribution < -0.4 is 291 Å². The van der Waals surface area contributed by atoms with Crippen molar-refractivity contribution in [3.8, 4) is 23.1 Å². The van der Waals surface area contributed by atoms with Crippen LogP contribution in [0.5, 0.6) is 23.1 Å². The summed E-state index contributed by atoms with van der Waals surface area (Å²) in [7, 11) is 0. The van der Waals surface area contributed by atoms with Gasteiger partial charge in [0.25, 0.3) is 12.9 Å². The summed E-state index contributed by atoms with van der Waals surface area (Å²) in [6.45, 7) is -0.361. The number of pyridine rings is 6. The Hall–Kier alpha value is -6.77. The van der Waals surface area contributed by atoms with Gasteiger partial charge in [0.2, 0.25) is 53.0 Å². The van der Waals surface area contributed by atoms with Crippen molar-refractivity contribution in [1.29, 1.82) is 0 Å². The zero-order valence-electron chi connectivity index (χ0n) is 85.3. The quantitative estimate of drug-likeness (QED) is 0.0123. The number of H-pyrrole nitrogens is 3. The molecule has 6 aliphatic carbocycles. The predicted octanol–water partition coefficient (Wildman–Crippen LogP) is 6.51. The fourth-order valence-corrected chi connectivity index (χ4v) is 18.1. The van der Waals surface area contributed by atoms with Crippen LogP contribution in [-0.4, -0.2) is 162 Å². The number of aromatic hydroxyl groups is 2. The molecule has 9 aromatic heterocycles. The fourth-order valence-electron chi connectivity index (χ4n) is 18.1. The van der Waals surface area contributed by atoms with Gasteiger partial charge in [-0.15, -0.1) is 0 Å². The number of aromatic nitrogens is 12. The fraction of sp³-hybridized carbons (Fsp3) is 0.318. The van der Waals surface area contributed by atoms with Crippen molar-refractivity contribution in [3.05, 3.63) is 353 Å². The number of hydrogen-bond acceptors (Lipinski definition) is 27. The minimum Gasteiger partial charge on any atom is -1.00 e. The smallest absolute Gasteiger partial charge is 1.00 e. The SMILES string of the molecule is O=C(c1ccc(O)cc1)c1nc2ccccc2[nH]1.O=C(c1ccc(O)cc1)c1nc2ccccc2[nH]1.O=C(c1ccc(Oc2ncccc2C2CCC(O)CC2)cc1)c1nc2ccccc2[nH]1.O=C1CCC(c2cccnc2F)CC1.O=CO[O-].O=CO[O-].OC1CCC(c2cccnc2F)CC1.OC1CCC(c2cccnc2F)CC1.OC1CCC(c2cccnc2F)CC1.OC1CCC(c2cccnc2F)CC1.[Cs+].[Cs+].[Cs+].[Cs+].[H-].[H-]. The Balaban J connectivity index is 0.000000263. The van der Waals surface area contributed by atoms with E-state index in [1.54, 1.807) is 115 Å². The number of imidazole rings is 3. The number of halogens is 5. The van der Waals surface area contributed by atoms with Crippen LogP contribution in [0, 0.1) is 29.7 Å². The molecule has 762 valence electrons. The van der Waals surface area contributed by atoms with Gasteiger partial charge in [0.15, 0.2) is 17.5 Å². The van der Waals surface area contributed by atoms with E-state index < -0.39 is 0 Å². The molecule has 0 unspecified atom stereocenters. The van der Waals surface area contributed by atoms with Crippen molar-refractivity contribution in [3.63, 3.8) is 0 Å². The minimum atomic E-state index is -0.383. The second kappa shape index (κ2) is 67.9. The topological polar surface area (TPSA) is 481 Å². The first kappa shape index (κ1) is 127. The number of ketones is 4. The first-order chi connectivity index (χ1) is 70.3. The molecule has 0 atom stereocenters. The van der Waals surface area contributed by atoms with Crippen molar-refractivity contribution in [2.75, 3.05) is 0 Å². The maximum atomic E-state index is 13.3. The van der Waals surface area contributed by atoms with Gasteiger partial charge in [0.05, 0.1) is 63.6 Å². The average molecular weight is 2520 g/mol. The van der Waals surface area contributed by atoms with E-state index in [2.05, 4.69) is 69.6 Å². The number of phenolic OH excluding ortho intramolecular Hbond substituents is 2. The number of carbonyl (C=O) groups is 6. The number of phenols is 2. The summed E-state index contributed by atoms with van der Waals surface area (Å²) < 4.78 is 72.5. The van der Waals surface area contributed by atoms with Crippen LogP contribution in [0.25, 0.3) is 33.1 Å². The third-order valence-electron chi connectivity index (χ3n) is 25.9. The van der Waals surface area contributed by atoms with Crippen LogP contribution in [0.15, 0.2) is 256 Å². The summed E-state index contributed by atoms with van der Waals surface area (Å²) in [6, 6.07) is 63.5. The summed E-state index contributed by atoms with van der Waals surface area (Å²) in [5.74, 6) is 1.86. The molecule has 0 bridgehead atoms. The number of hydrogen-bond donors (Lipinski definition) is 10. The number of Topliss-reactive ketones (excluding diaryl/α,β-unsaturated/α-hetero) is 1. The monoisotopic (exact) mass is 2520 g/mol. The second-order valence-corrected chi connectivity index (χ2v) is 35.6. The molecule has 0 spiro atoms. The molecule has 6 aromatic carbocycles. The van der Waals surface area contributed by atoms with E-state index >= 15 is 0 Å². The molecule has 0 aliphatic heterocycles. The predicted molar refractivity (Wildman–Crippen MR) is 525 cm³/mol. The number of aliphatic hydroxyl groups is 5. The number of aliphatic hydroxyl groups excluding tert-OH is 5. The zero-order valence-corrected chi connectivity index (χ0v) is 108. The van der Waals surface area contributed by atoms with E-state index in [-0.39, 0.29) is 410 Å². The zero-order chi connectivity index (χ0) is 103. The van der Waals surface area contributed by atoms with Gasteiger partial charge >= 0.3 is 276 Å². The van der Waals surface area contributed by atoms with Crippen LogP contribution in [-0.2, 0) is 24.2 Å². The largest absolute Gasteiger partial charge is 1.00 e. The maximum absolute atomic E-state index is 13.3. The normalized spacial score (nSPS) is 18.9. The van der Waals surface area contributed by atoms with Crippen LogP contribution in [0.3, 0.4) is 0 Å². The van der Waals surface area contributed by atoms with Crippen LogP contribution in [0.2, 0.25) is 0 Å². The Morgan fingerprint density at radius 1 is 0.309 bits per heavy atom. The second-order valence-electron chi connectivity index (χ2n) is 35.6. The summed E-state index contributed by atoms with van der Waals surface area (Å²) in [5.41, 5.74) is 10.9. The molecule has 30 nitrogen and oxygen atoms in total. The van der Waals surface area contributed by atoms with E-state index in [9.17, 15) is 76.9 Å². The molecule has 149 heavy (non-hydrogen) atoms. The molecule has 15 aromatic rings. The van der Waals surface area contributed by atoms with Crippen molar-refractivity contribution in [2.24, 2.45) is 0 Å². The molecule has 6 saturated carbocycles. The third kappa shape index (κ3) is 40.4. The summed E-state index contributed by atoms with van der Waals surface area (Å²) in [6.07, 6.45) is 27.4. The van der Waals surface area contributed by atoms with E-state index in [1.165, 1.54) is 55.2 Å². The number of ether oxygens (including phenoxy) is 1. The van der Waals surface area contributed by atoms with Gasteiger partial charge in [-0.2, -0.15) is 22.0 Å². The Bertz CT molecular complexity index is 6150. The van der Waals surface area contributed by atoms with E-state index in [0.29, 0.717) is 98.2 Å². The molecule has 0 radical (unpaired) electrons. The van der Waals surface area contributed by atoms with Crippen molar-refractivity contribution in [2.45, 2.75) is 220 Å². The Morgan fingerprint density at radius 2 is 0.530 bits per heavy atom. The number of carbonyl (C=O) groups excluding carboxylic acids is 6. The number of aromatic amines is 3. The van der Waals surface area contributed by atoms with Gasteiger partial charge in [0.1, 0.15) is 23.0 Å². The van der Waals surface area contributed by atoms with Crippen molar-refractivity contribution >= 4 is 69.2 Å². The first-order valence-electron chi connectivity index (χ1n) is 48.0. The molecule has 0 amide bonds. The number of fused-ring (bicyclic) bond motifs is 3. The number of rotatable bonds is 16. The molecular formula is C110H115Cs4F5N12O18. The molecule has 6 fully saturated rings.